The summed E-state index contributed by atoms with van der Waals surface area (Å²) in [5, 5.41) is 9.13. The fraction of sp³-hybridized carbons (Fsp3) is 0.682. The molecule has 27 heavy (non-hydrogen) atoms. The standard InChI is InChI=1S/C22H32O5/c1-15-8-10-22(4)18(13-23)6-5-7-19(22)21(15,3)11-9-17(12-20(25)26)14-27-16(2)24/h6,12-13,15,19H,5,7-11,14H2,1-4H3,(H,25,26)/b17-12-/t15-,19-,21+,22+/m1/s1. The second kappa shape index (κ2) is 8.41. The molecular formula is C22H32O5. The van der Waals surface area contributed by atoms with E-state index in [1.165, 1.54) is 6.92 Å². The molecular weight excluding hydrogens is 344 g/mol. The average molecular weight is 376 g/mol. The molecule has 0 aliphatic heterocycles. The third kappa shape index (κ3) is 4.50. The van der Waals surface area contributed by atoms with E-state index in [-0.39, 0.29) is 17.4 Å². The topological polar surface area (TPSA) is 80.7 Å². The molecule has 2 aliphatic rings. The smallest absolute Gasteiger partial charge is 0.328 e. The van der Waals surface area contributed by atoms with Crippen molar-refractivity contribution in [2.24, 2.45) is 22.7 Å². The molecule has 0 aromatic carbocycles. The minimum Gasteiger partial charge on any atom is -0.478 e. The fourth-order valence-corrected chi connectivity index (χ4v) is 5.31. The number of allylic oxidation sites excluding steroid dienone is 2. The molecule has 1 N–H and O–H groups in total. The molecule has 4 atom stereocenters. The summed E-state index contributed by atoms with van der Waals surface area (Å²) in [5.74, 6) is -0.558. The first-order chi connectivity index (χ1) is 12.6. The van der Waals surface area contributed by atoms with Crippen LogP contribution < -0.4 is 0 Å². The van der Waals surface area contributed by atoms with Crippen LogP contribution in [0.4, 0.5) is 0 Å². The molecule has 2 aliphatic carbocycles. The molecule has 150 valence electrons. The Morgan fingerprint density at radius 3 is 2.63 bits per heavy atom. The van der Waals surface area contributed by atoms with Gasteiger partial charge in [0.15, 0.2) is 0 Å². The second-order valence-corrected chi connectivity index (χ2v) is 8.69. The van der Waals surface area contributed by atoms with Gasteiger partial charge in [0, 0.05) is 13.0 Å². The molecule has 0 amide bonds. The van der Waals surface area contributed by atoms with E-state index in [1.54, 1.807) is 0 Å². The first-order valence-corrected chi connectivity index (χ1v) is 9.85. The van der Waals surface area contributed by atoms with Crippen LogP contribution in [0.2, 0.25) is 0 Å². The highest BCUT2D eigenvalue weighted by Crippen LogP contribution is 2.61. The molecule has 0 aromatic heterocycles. The van der Waals surface area contributed by atoms with Crippen molar-refractivity contribution in [2.45, 2.75) is 66.2 Å². The monoisotopic (exact) mass is 376 g/mol. The number of hydrogen-bond donors (Lipinski definition) is 1. The largest absolute Gasteiger partial charge is 0.478 e. The number of carbonyl (C=O) groups excluding carboxylic acids is 2. The molecule has 1 saturated carbocycles. The summed E-state index contributed by atoms with van der Waals surface area (Å²) in [4.78, 5) is 33.9. The lowest BCUT2D eigenvalue weighted by Gasteiger charge is -2.57. The van der Waals surface area contributed by atoms with Gasteiger partial charge in [-0.05, 0) is 72.3 Å². The lowest BCUT2D eigenvalue weighted by Crippen LogP contribution is -2.50. The summed E-state index contributed by atoms with van der Waals surface area (Å²) >= 11 is 0. The lowest BCUT2D eigenvalue weighted by molar-refractivity contribution is -0.140. The van der Waals surface area contributed by atoms with Gasteiger partial charge in [-0.3, -0.25) is 9.59 Å². The van der Waals surface area contributed by atoms with Crippen LogP contribution in [-0.4, -0.2) is 29.9 Å². The molecule has 5 nitrogen and oxygen atoms in total. The summed E-state index contributed by atoms with van der Waals surface area (Å²) in [6, 6.07) is 0. The first kappa shape index (κ1) is 21.4. The van der Waals surface area contributed by atoms with Gasteiger partial charge < -0.3 is 9.84 Å². The van der Waals surface area contributed by atoms with E-state index in [9.17, 15) is 14.4 Å². The number of carboxylic acid groups (broad SMARTS) is 1. The van der Waals surface area contributed by atoms with Gasteiger partial charge in [-0.15, -0.1) is 0 Å². The SMILES string of the molecule is CC(=O)OC/C(=C\C(=O)O)CC[C@@]1(C)[C@H](C)CC[C@@]2(C)C(C=O)=CCC[C@H]12. The Morgan fingerprint density at radius 1 is 1.33 bits per heavy atom. The first-order valence-electron chi connectivity index (χ1n) is 9.85. The van der Waals surface area contributed by atoms with Crippen LogP contribution in [-0.2, 0) is 19.1 Å². The van der Waals surface area contributed by atoms with Crippen molar-refractivity contribution in [3.63, 3.8) is 0 Å². The fourth-order valence-electron chi connectivity index (χ4n) is 5.31. The zero-order valence-electron chi connectivity index (χ0n) is 16.9. The maximum atomic E-state index is 11.7. The van der Waals surface area contributed by atoms with Gasteiger partial charge in [-0.1, -0.05) is 26.8 Å². The Bertz CT molecular complexity index is 662. The molecule has 0 unspecified atom stereocenters. The van der Waals surface area contributed by atoms with Gasteiger partial charge in [0.1, 0.15) is 12.9 Å². The van der Waals surface area contributed by atoms with Crippen molar-refractivity contribution < 1.29 is 24.2 Å². The molecule has 0 radical (unpaired) electrons. The van der Waals surface area contributed by atoms with Crippen LogP contribution >= 0.6 is 0 Å². The number of ether oxygens (including phenoxy) is 1. The van der Waals surface area contributed by atoms with Crippen LogP contribution in [0.25, 0.3) is 0 Å². The van der Waals surface area contributed by atoms with Crippen LogP contribution in [0.1, 0.15) is 66.2 Å². The van der Waals surface area contributed by atoms with E-state index in [2.05, 4.69) is 26.8 Å². The zero-order valence-corrected chi connectivity index (χ0v) is 16.9. The van der Waals surface area contributed by atoms with Gasteiger partial charge in [-0.2, -0.15) is 0 Å². The summed E-state index contributed by atoms with van der Waals surface area (Å²) in [6.07, 6.45) is 9.72. The van der Waals surface area contributed by atoms with Crippen molar-refractivity contribution in [1.82, 2.24) is 0 Å². The van der Waals surface area contributed by atoms with Gasteiger partial charge in [0.2, 0.25) is 0 Å². The van der Waals surface area contributed by atoms with Crippen molar-refractivity contribution in [1.29, 1.82) is 0 Å². The van der Waals surface area contributed by atoms with Crippen molar-refractivity contribution >= 4 is 18.2 Å². The Morgan fingerprint density at radius 2 is 2.04 bits per heavy atom. The Labute approximate surface area is 161 Å². The molecule has 0 heterocycles. The zero-order chi connectivity index (χ0) is 20.2. The lowest BCUT2D eigenvalue weighted by atomic mass is 9.47. The summed E-state index contributed by atoms with van der Waals surface area (Å²) < 4.78 is 5.04. The number of hydrogen-bond acceptors (Lipinski definition) is 4. The number of esters is 1. The number of aliphatic carboxylic acids is 1. The number of carboxylic acids is 1. The molecule has 0 bridgehead atoms. The van der Waals surface area contributed by atoms with E-state index < -0.39 is 11.9 Å². The Balaban J connectivity index is 2.23. The Kier molecular flexibility index (Phi) is 6.66. The number of rotatable bonds is 7. The highest BCUT2D eigenvalue weighted by molar-refractivity contribution is 5.80. The van der Waals surface area contributed by atoms with Crippen molar-refractivity contribution in [3.8, 4) is 0 Å². The summed E-state index contributed by atoms with van der Waals surface area (Å²) in [7, 11) is 0. The van der Waals surface area contributed by atoms with E-state index in [0.717, 1.165) is 50.0 Å². The van der Waals surface area contributed by atoms with Crippen LogP contribution in [0.3, 0.4) is 0 Å². The predicted octanol–water partition coefficient (Wildman–Crippen LogP) is 4.32. The minimum atomic E-state index is -1.02. The van der Waals surface area contributed by atoms with Crippen molar-refractivity contribution in [3.05, 3.63) is 23.3 Å². The minimum absolute atomic E-state index is 0.00331. The van der Waals surface area contributed by atoms with Crippen molar-refractivity contribution in [2.75, 3.05) is 6.61 Å². The van der Waals surface area contributed by atoms with E-state index >= 15 is 0 Å². The normalized spacial score (nSPS) is 33.6. The van der Waals surface area contributed by atoms with E-state index in [1.807, 2.05) is 0 Å². The molecule has 1 fully saturated rings. The molecule has 0 saturated heterocycles. The number of fused-ring (bicyclic) bond motifs is 1. The molecule has 5 heteroatoms. The van der Waals surface area contributed by atoms with E-state index in [0.29, 0.717) is 23.8 Å². The maximum absolute atomic E-state index is 11.7. The van der Waals surface area contributed by atoms with E-state index in [4.69, 9.17) is 9.84 Å². The highest BCUT2D eigenvalue weighted by atomic mass is 16.5. The maximum Gasteiger partial charge on any atom is 0.328 e. The van der Waals surface area contributed by atoms with Gasteiger partial charge in [-0.25, -0.2) is 4.79 Å². The highest BCUT2D eigenvalue weighted by Gasteiger charge is 2.53. The summed E-state index contributed by atoms with van der Waals surface area (Å²) in [6.45, 7) is 8.12. The average Bonchev–Trinajstić information content (AvgIpc) is 2.60. The number of aldehydes is 1. The molecule has 2 rings (SSSR count). The van der Waals surface area contributed by atoms with Crippen LogP contribution in [0.15, 0.2) is 23.3 Å². The summed E-state index contributed by atoms with van der Waals surface area (Å²) in [5.41, 5.74) is 1.45. The Hall–Kier alpha value is -1.91. The van der Waals surface area contributed by atoms with Crippen LogP contribution in [0.5, 0.6) is 0 Å². The van der Waals surface area contributed by atoms with Gasteiger partial charge in [0.25, 0.3) is 0 Å². The van der Waals surface area contributed by atoms with Gasteiger partial charge in [0.05, 0.1) is 0 Å². The number of carbonyl (C=O) groups is 3. The molecule has 0 aromatic rings. The van der Waals surface area contributed by atoms with Gasteiger partial charge >= 0.3 is 11.9 Å². The third-order valence-electron chi connectivity index (χ3n) is 7.17. The third-order valence-corrected chi connectivity index (χ3v) is 7.17. The van der Waals surface area contributed by atoms with Crippen LogP contribution in [0, 0.1) is 22.7 Å². The quantitative estimate of drug-likeness (QED) is 0.407. The molecule has 0 spiro atoms. The predicted molar refractivity (Wildman–Crippen MR) is 103 cm³/mol. The second-order valence-electron chi connectivity index (χ2n) is 8.69.